The summed E-state index contributed by atoms with van der Waals surface area (Å²) in [5, 5.41) is 0.455. The van der Waals surface area contributed by atoms with E-state index in [1.54, 1.807) is 32.2 Å². The van der Waals surface area contributed by atoms with E-state index in [0.717, 1.165) is 17.0 Å². The van der Waals surface area contributed by atoms with Crippen molar-refractivity contribution in [2.45, 2.75) is 45.5 Å². The highest BCUT2D eigenvalue weighted by atomic mass is 35.5. The molecule has 1 aromatic carbocycles. The number of pyridine rings is 1. The Bertz CT molecular complexity index is 1410. The molecule has 3 aliphatic rings. The fourth-order valence-electron chi connectivity index (χ4n) is 6.33. The standard InChI is InChI=1S/C29H34ClF3N6O3/c1-17-12-21(29(31,32)33)14-24(34-17)39-25(41)13-20-16-38(11-9-36-8-10-37(19(3)40)15-18(36)2)27-22(30)6-5-7-23(27)35(4)28(42)26(20)39/h5-7,12,14,18,20,26H,8-11,13,15-16H2,1-4H3/t18-,20+,26-/m0/s1. The van der Waals surface area contributed by atoms with Crippen molar-refractivity contribution in [3.05, 3.63) is 46.6 Å². The average Bonchev–Trinajstić information content (AvgIpc) is 3.24. The van der Waals surface area contributed by atoms with Crippen LogP contribution >= 0.6 is 11.6 Å². The van der Waals surface area contributed by atoms with E-state index < -0.39 is 35.5 Å². The summed E-state index contributed by atoms with van der Waals surface area (Å²) in [6, 6.07) is 6.12. The number of aromatic nitrogens is 1. The third-order valence-corrected chi connectivity index (χ3v) is 8.80. The predicted octanol–water partition coefficient (Wildman–Crippen LogP) is 3.82. The maximum absolute atomic E-state index is 14.0. The minimum Gasteiger partial charge on any atom is -0.367 e. The molecule has 42 heavy (non-hydrogen) atoms. The van der Waals surface area contributed by atoms with Gasteiger partial charge in [-0.2, -0.15) is 13.2 Å². The Kier molecular flexibility index (Phi) is 8.14. The molecule has 0 aliphatic carbocycles. The molecule has 0 radical (unpaired) electrons. The number of carbonyl (C=O) groups excluding carboxylic acids is 3. The molecule has 1 aromatic heterocycles. The number of nitrogens with zero attached hydrogens (tertiary/aromatic N) is 6. The van der Waals surface area contributed by atoms with Crippen molar-refractivity contribution in [1.82, 2.24) is 14.8 Å². The van der Waals surface area contributed by atoms with Crippen molar-refractivity contribution in [1.29, 1.82) is 0 Å². The molecule has 3 aliphatic heterocycles. The number of para-hydroxylation sites is 1. The number of likely N-dealkylation sites (N-methyl/N-ethyl adjacent to an activating group) is 1. The number of hydrogen-bond acceptors (Lipinski definition) is 6. The predicted molar refractivity (Wildman–Crippen MR) is 154 cm³/mol. The molecule has 9 nitrogen and oxygen atoms in total. The molecule has 13 heteroatoms. The smallest absolute Gasteiger partial charge is 0.367 e. The Morgan fingerprint density at radius 1 is 1.12 bits per heavy atom. The first kappa shape index (κ1) is 30.1. The number of anilines is 3. The van der Waals surface area contributed by atoms with Crippen molar-refractivity contribution in [2.75, 3.05) is 61.0 Å². The van der Waals surface area contributed by atoms with Crippen LogP contribution in [0.4, 0.5) is 30.4 Å². The van der Waals surface area contributed by atoms with Crippen LogP contribution in [0, 0.1) is 12.8 Å². The molecule has 3 amide bonds. The molecule has 226 valence electrons. The number of benzene rings is 1. The Labute approximate surface area is 247 Å². The molecule has 0 unspecified atom stereocenters. The van der Waals surface area contributed by atoms with Crippen LogP contribution in [-0.4, -0.2) is 90.9 Å². The van der Waals surface area contributed by atoms with Gasteiger partial charge in [0.15, 0.2) is 0 Å². The Balaban J connectivity index is 1.49. The monoisotopic (exact) mass is 606 g/mol. The highest BCUT2D eigenvalue weighted by molar-refractivity contribution is 6.34. The number of aryl methyl sites for hydroxylation is 1. The molecule has 0 saturated carbocycles. The van der Waals surface area contributed by atoms with Crippen LogP contribution < -0.4 is 14.7 Å². The van der Waals surface area contributed by atoms with Gasteiger partial charge in [-0.3, -0.25) is 24.2 Å². The summed E-state index contributed by atoms with van der Waals surface area (Å²) < 4.78 is 41.0. The maximum Gasteiger partial charge on any atom is 0.416 e. The van der Waals surface area contributed by atoms with Crippen LogP contribution in [-0.2, 0) is 20.6 Å². The van der Waals surface area contributed by atoms with Gasteiger partial charge in [-0.15, -0.1) is 0 Å². The number of carbonyl (C=O) groups is 3. The summed E-state index contributed by atoms with van der Waals surface area (Å²) in [4.78, 5) is 52.3. The van der Waals surface area contributed by atoms with E-state index in [2.05, 4.69) is 21.7 Å². The third-order valence-electron chi connectivity index (χ3n) is 8.49. The largest absolute Gasteiger partial charge is 0.416 e. The van der Waals surface area contributed by atoms with Crippen LogP contribution in [0.5, 0.6) is 0 Å². The van der Waals surface area contributed by atoms with E-state index in [1.807, 2.05) is 4.90 Å². The minimum atomic E-state index is -4.63. The fourth-order valence-corrected chi connectivity index (χ4v) is 6.62. The normalized spacial score (nSPS) is 23.6. The summed E-state index contributed by atoms with van der Waals surface area (Å²) in [5.41, 5.74) is 0.390. The fraction of sp³-hybridized carbons (Fsp3) is 0.517. The van der Waals surface area contributed by atoms with Gasteiger partial charge in [0.1, 0.15) is 11.9 Å². The summed E-state index contributed by atoms with van der Waals surface area (Å²) >= 11 is 6.72. The van der Waals surface area contributed by atoms with E-state index in [1.165, 1.54) is 11.8 Å². The van der Waals surface area contributed by atoms with E-state index in [9.17, 15) is 27.6 Å². The van der Waals surface area contributed by atoms with Gasteiger partial charge < -0.3 is 14.7 Å². The number of rotatable bonds is 4. The van der Waals surface area contributed by atoms with Crippen LogP contribution in [0.25, 0.3) is 0 Å². The van der Waals surface area contributed by atoms with Gasteiger partial charge in [-0.1, -0.05) is 17.7 Å². The first-order chi connectivity index (χ1) is 19.8. The quantitative estimate of drug-likeness (QED) is 0.527. The minimum absolute atomic E-state index is 0.0226. The van der Waals surface area contributed by atoms with Crippen molar-refractivity contribution in [2.24, 2.45) is 5.92 Å². The SMILES string of the molecule is CC(=O)N1CCN(CCN2C[C@H]3CC(=O)N(c4cc(C(F)(F)F)cc(C)n4)[C@@H]3C(=O)N(C)c3cccc(Cl)c32)[C@@H](C)C1. The highest BCUT2D eigenvalue weighted by Crippen LogP contribution is 2.43. The topological polar surface area (TPSA) is 80.3 Å². The number of halogens is 4. The number of hydrogen-bond donors (Lipinski definition) is 0. The maximum atomic E-state index is 14.0. The van der Waals surface area contributed by atoms with Crippen molar-refractivity contribution >= 4 is 46.5 Å². The van der Waals surface area contributed by atoms with E-state index in [4.69, 9.17) is 11.6 Å². The van der Waals surface area contributed by atoms with Crippen molar-refractivity contribution < 1.29 is 27.6 Å². The lowest BCUT2D eigenvalue weighted by Gasteiger charge is -2.42. The van der Waals surface area contributed by atoms with E-state index in [0.29, 0.717) is 55.7 Å². The zero-order valence-corrected chi connectivity index (χ0v) is 24.7. The number of amides is 3. The molecular formula is C29H34ClF3N6O3. The van der Waals surface area contributed by atoms with Gasteiger partial charge in [-0.05, 0) is 38.1 Å². The molecule has 3 atom stereocenters. The van der Waals surface area contributed by atoms with Crippen LogP contribution in [0.15, 0.2) is 30.3 Å². The summed E-state index contributed by atoms with van der Waals surface area (Å²) in [7, 11) is 1.59. The molecule has 5 rings (SSSR count). The lowest BCUT2D eigenvalue weighted by atomic mass is 9.95. The average molecular weight is 607 g/mol. The van der Waals surface area contributed by atoms with Crippen LogP contribution in [0.2, 0.25) is 5.02 Å². The second-order valence-corrected chi connectivity index (χ2v) is 11.7. The lowest BCUT2D eigenvalue weighted by Crippen LogP contribution is -2.55. The van der Waals surface area contributed by atoms with E-state index >= 15 is 0 Å². The molecule has 0 spiro atoms. The molecular weight excluding hydrogens is 573 g/mol. The Morgan fingerprint density at radius 2 is 1.86 bits per heavy atom. The second-order valence-electron chi connectivity index (χ2n) is 11.3. The van der Waals surface area contributed by atoms with Gasteiger partial charge in [0, 0.05) is 77.3 Å². The first-order valence-electron chi connectivity index (χ1n) is 13.9. The lowest BCUT2D eigenvalue weighted by molar-refractivity contribution is -0.137. The summed E-state index contributed by atoms with van der Waals surface area (Å²) in [6.07, 6.45) is -4.66. The van der Waals surface area contributed by atoms with Gasteiger partial charge in [-0.25, -0.2) is 4.98 Å². The van der Waals surface area contributed by atoms with Crippen molar-refractivity contribution in [3.8, 4) is 0 Å². The summed E-state index contributed by atoms with van der Waals surface area (Å²) in [6.45, 7) is 8.51. The number of alkyl halides is 3. The van der Waals surface area contributed by atoms with Gasteiger partial charge in [0.2, 0.25) is 17.7 Å². The molecule has 2 fully saturated rings. The first-order valence-corrected chi connectivity index (χ1v) is 14.3. The van der Waals surface area contributed by atoms with Crippen LogP contribution in [0.3, 0.4) is 0 Å². The highest BCUT2D eigenvalue weighted by Gasteiger charge is 2.49. The zero-order chi connectivity index (χ0) is 30.5. The number of fused-ring (bicyclic) bond motifs is 2. The van der Waals surface area contributed by atoms with Gasteiger partial charge in [0.05, 0.1) is 22.0 Å². The van der Waals surface area contributed by atoms with E-state index in [-0.39, 0.29) is 29.9 Å². The Morgan fingerprint density at radius 3 is 2.52 bits per heavy atom. The molecule has 4 heterocycles. The number of piperazine rings is 1. The van der Waals surface area contributed by atoms with Gasteiger partial charge >= 0.3 is 6.18 Å². The van der Waals surface area contributed by atoms with Gasteiger partial charge in [0.25, 0.3) is 0 Å². The summed E-state index contributed by atoms with van der Waals surface area (Å²) in [5.74, 6) is -1.52. The molecule has 0 bridgehead atoms. The second kappa shape index (κ2) is 11.4. The third kappa shape index (κ3) is 5.66. The molecule has 2 saturated heterocycles. The van der Waals surface area contributed by atoms with Crippen LogP contribution in [0.1, 0.15) is 31.5 Å². The Hall–Kier alpha value is -3.38. The molecule has 0 N–H and O–H groups in total. The zero-order valence-electron chi connectivity index (χ0n) is 24.0. The van der Waals surface area contributed by atoms with Crippen molar-refractivity contribution in [3.63, 3.8) is 0 Å². The molecule has 2 aromatic rings.